The van der Waals surface area contributed by atoms with Crippen LogP contribution in [0.3, 0.4) is 0 Å². The molecule has 1 heterocycles. The highest BCUT2D eigenvalue weighted by molar-refractivity contribution is 4.76. The van der Waals surface area contributed by atoms with Crippen LogP contribution in [-0.4, -0.2) is 31.0 Å². The fourth-order valence-corrected chi connectivity index (χ4v) is 2.59. The summed E-state index contributed by atoms with van der Waals surface area (Å²) in [5.41, 5.74) is 0. The lowest BCUT2D eigenvalue weighted by Gasteiger charge is -2.34. The lowest BCUT2D eigenvalue weighted by atomic mass is 9.83. The molecule has 1 unspecified atom stereocenters. The van der Waals surface area contributed by atoms with Crippen LogP contribution >= 0.6 is 0 Å². The molecule has 0 N–H and O–H groups in total. The molecule has 0 aromatic rings. The molecule has 0 aromatic heterocycles. The van der Waals surface area contributed by atoms with Gasteiger partial charge in [-0.15, -0.1) is 0 Å². The average molecular weight is 219 g/mol. The van der Waals surface area contributed by atoms with Crippen molar-refractivity contribution in [3.8, 4) is 0 Å². The fraction of sp³-hybridized carbons (Fsp3) is 1.00. The Morgan fingerprint density at radius 1 is 1.27 bits per heavy atom. The number of piperidine rings is 1. The van der Waals surface area contributed by atoms with E-state index in [2.05, 4.69) is 13.8 Å². The van der Waals surface area contributed by atoms with Crippen molar-refractivity contribution in [2.45, 2.75) is 46.0 Å². The second-order valence-electron chi connectivity index (χ2n) is 4.80. The van der Waals surface area contributed by atoms with E-state index in [9.17, 15) is 8.78 Å². The van der Waals surface area contributed by atoms with Crippen LogP contribution in [-0.2, 0) is 0 Å². The molecule has 1 aliphatic rings. The first-order chi connectivity index (χ1) is 7.13. The monoisotopic (exact) mass is 219 g/mol. The zero-order valence-corrected chi connectivity index (χ0v) is 9.88. The van der Waals surface area contributed by atoms with Crippen molar-refractivity contribution in [1.82, 2.24) is 4.90 Å². The first-order valence-corrected chi connectivity index (χ1v) is 6.14. The highest BCUT2D eigenvalue weighted by Crippen LogP contribution is 2.27. The highest BCUT2D eigenvalue weighted by atomic mass is 19.3. The van der Waals surface area contributed by atoms with E-state index in [4.69, 9.17) is 0 Å². The number of likely N-dealkylation sites (tertiary alicyclic amines) is 1. The van der Waals surface area contributed by atoms with Crippen LogP contribution in [0.2, 0.25) is 0 Å². The van der Waals surface area contributed by atoms with Crippen molar-refractivity contribution >= 4 is 0 Å². The topological polar surface area (TPSA) is 3.24 Å². The van der Waals surface area contributed by atoms with Gasteiger partial charge in [-0.25, -0.2) is 8.78 Å². The Kier molecular flexibility index (Phi) is 5.51. The number of nitrogens with zero attached hydrogens (tertiary/aromatic N) is 1. The fourth-order valence-electron chi connectivity index (χ4n) is 2.59. The standard InChI is InChI=1S/C12H23F2N/c1-3-4-10(2)11-5-7-15(8-6-11)9-12(13)14/h10-12H,3-9H2,1-2H3. The second-order valence-corrected chi connectivity index (χ2v) is 4.80. The Labute approximate surface area is 91.8 Å². The summed E-state index contributed by atoms with van der Waals surface area (Å²) in [6, 6.07) is 0. The number of hydrogen-bond acceptors (Lipinski definition) is 1. The molecule has 0 aromatic carbocycles. The van der Waals surface area contributed by atoms with Gasteiger partial charge in [0, 0.05) is 0 Å². The van der Waals surface area contributed by atoms with Gasteiger partial charge in [0.1, 0.15) is 0 Å². The average Bonchev–Trinajstić information content (AvgIpc) is 2.18. The van der Waals surface area contributed by atoms with Crippen LogP contribution in [0.5, 0.6) is 0 Å². The molecular formula is C12H23F2N. The Hall–Kier alpha value is -0.180. The Balaban J connectivity index is 2.23. The van der Waals surface area contributed by atoms with E-state index in [0.717, 1.165) is 37.8 Å². The quantitative estimate of drug-likeness (QED) is 0.685. The SMILES string of the molecule is CCCC(C)C1CCN(CC(F)F)CC1. The molecule has 1 aliphatic heterocycles. The minimum absolute atomic E-state index is 0.0329. The van der Waals surface area contributed by atoms with E-state index in [1.165, 1.54) is 12.8 Å². The van der Waals surface area contributed by atoms with E-state index in [1.54, 1.807) is 0 Å². The van der Waals surface area contributed by atoms with Gasteiger partial charge < -0.3 is 0 Å². The maximum atomic E-state index is 12.2. The Bertz CT molecular complexity index is 165. The number of alkyl halides is 2. The number of halogens is 2. The van der Waals surface area contributed by atoms with Gasteiger partial charge in [0.2, 0.25) is 0 Å². The summed E-state index contributed by atoms with van der Waals surface area (Å²) in [6.45, 7) is 6.21. The molecule has 1 atom stereocenters. The summed E-state index contributed by atoms with van der Waals surface area (Å²) in [4.78, 5) is 1.90. The van der Waals surface area contributed by atoms with E-state index >= 15 is 0 Å². The molecule has 1 nitrogen and oxygen atoms in total. The van der Waals surface area contributed by atoms with Crippen molar-refractivity contribution in [2.24, 2.45) is 11.8 Å². The van der Waals surface area contributed by atoms with E-state index in [-0.39, 0.29) is 6.54 Å². The summed E-state index contributed by atoms with van der Waals surface area (Å²) in [7, 11) is 0. The minimum atomic E-state index is -2.17. The third-order valence-corrected chi connectivity index (χ3v) is 3.58. The van der Waals surface area contributed by atoms with Crippen molar-refractivity contribution in [1.29, 1.82) is 0 Å². The van der Waals surface area contributed by atoms with Crippen LogP contribution < -0.4 is 0 Å². The normalized spacial score (nSPS) is 22.2. The first kappa shape index (κ1) is 12.9. The predicted octanol–water partition coefficient (Wildman–Crippen LogP) is 3.40. The third-order valence-electron chi connectivity index (χ3n) is 3.58. The molecule has 1 fully saturated rings. The van der Waals surface area contributed by atoms with Gasteiger partial charge in [0.15, 0.2) is 0 Å². The van der Waals surface area contributed by atoms with Crippen LogP contribution in [0, 0.1) is 11.8 Å². The molecule has 15 heavy (non-hydrogen) atoms. The first-order valence-electron chi connectivity index (χ1n) is 6.14. The zero-order valence-electron chi connectivity index (χ0n) is 9.88. The molecule has 0 bridgehead atoms. The molecule has 0 spiro atoms. The van der Waals surface area contributed by atoms with Crippen LogP contribution in [0.15, 0.2) is 0 Å². The Morgan fingerprint density at radius 2 is 1.87 bits per heavy atom. The van der Waals surface area contributed by atoms with Crippen LogP contribution in [0.25, 0.3) is 0 Å². The lowest BCUT2D eigenvalue weighted by molar-refractivity contribution is 0.0614. The van der Waals surface area contributed by atoms with Crippen molar-refractivity contribution in [3.05, 3.63) is 0 Å². The number of rotatable bonds is 5. The summed E-state index contributed by atoms with van der Waals surface area (Å²) >= 11 is 0. The molecule has 3 heteroatoms. The summed E-state index contributed by atoms with van der Waals surface area (Å²) in [5, 5.41) is 0. The molecular weight excluding hydrogens is 196 g/mol. The van der Waals surface area contributed by atoms with Crippen molar-refractivity contribution in [3.63, 3.8) is 0 Å². The highest BCUT2D eigenvalue weighted by Gasteiger charge is 2.24. The maximum absolute atomic E-state index is 12.2. The van der Waals surface area contributed by atoms with Crippen LogP contribution in [0.1, 0.15) is 39.5 Å². The van der Waals surface area contributed by atoms with Gasteiger partial charge in [-0.05, 0) is 37.8 Å². The largest absolute Gasteiger partial charge is 0.298 e. The molecule has 0 saturated carbocycles. The van der Waals surface area contributed by atoms with Crippen molar-refractivity contribution < 1.29 is 8.78 Å². The van der Waals surface area contributed by atoms with E-state index < -0.39 is 6.43 Å². The molecule has 1 saturated heterocycles. The molecule has 90 valence electrons. The zero-order chi connectivity index (χ0) is 11.3. The second kappa shape index (κ2) is 6.41. The smallest absolute Gasteiger partial charge is 0.251 e. The summed E-state index contributed by atoms with van der Waals surface area (Å²) in [6.07, 6.45) is 2.55. The Morgan fingerprint density at radius 3 is 2.33 bits per heavy atom. The third kappa shape index (κ3) is 4.45. The van der Waals surface area contributed by atoms with E-state index in [0.29, 0.717) is 0 Å². The van der Waals surface area contributed by atoms with Gasteiger partial charge in [-0.2, -0.15) is 0 Å². The lowest BCUT2D eigenvalue weighted by Crippen LogP contribution is -2.38. The molecule has 0 aliphatic carbocycles. The number of hydrogen-bond donors (Lipinski definition) is 0. The molecule has 0 amide bonds. The molecule has 1 rings (SSSR count). The van der Waals surface area contributed by atoms with Gasteiger partial charge in [0.05, 0.1) is 6.54 Å². The van der Waals surface area contributed by atoms with Gasteiger partial charge in [-0.1, -0.05) is 26.7 Å². The minimum Gasteiger partial charge on any atom is -0.298 e. The van der Waals surface area contributed by atoms with Crippen LogP contribution in [0.4, 0.5) is 8.78 Å². The van der Waals surface area contributed by atoms with Gasteiger partial charge in [0.25, 0.3) is 6.43 Å². The van der Waals surface area contributed by atoms with Gasteiger partial charge in [-0.3, -0.25) is 4.90 Å². The summed E-state index contributed by atoms with van der Waals surface area (Å²) < 4.78 is 24.3. The van der Waals surface area contributed by atoms with E-state index in [1.807, 2.05) is 4.90 Å². The maximum Gasteiger partial charge on any atom is 0.251 e. The molecule has 0 radical (unpaired) electrons. The summed E-state index contributed by atoms with van der Waals surface area (Å²) in [5.74, 6) is 1.53. The van der Waals surface area contributed by atoms with Crippen molar-refractivity contribution in [2.75, 3.05) is 19.6 Å². The van der Waals surface area contributed by atoms with Gasteiger partial charge >= 0.3 is 0 Å². The predicted molar refractivity (Wildman–Crippen MR) is 59.2 cm³/mol.